The molecule has 0 unspecified atom stereocenters. The minimum absolute atomic E-state index is 0.761. The second-order valence-corrected chi connectivity index (χ2v) is 4.00. The minimum Gasteiger partial charge on any atom is -0.468 e. The Kier molecular flexibility index (Phi) is 4.03. The van der Waals surface area contributed by atoms with Crippen LogP contribution in [0.1, 0.15) is 11.3 Å². The summed E-state index contributed by atoms with van der Waals surface area (Å²) in [7, 11) is 0. The van der Waals surface area contributed by atoms with E-state index in [1.54, 1.807) is 6.26 Å². The van der Waals surface area contributed by atoms with Gasteiger partial charge in [0.15, 0.2) is 0 Å². The predicted octanol–water partition coefficient (Wildman–Crippen LogP) is 3.27. The van der Waals surface area contributed by atoms with Crippen LogP contribution in [0, 0.1) is 0 Å². The molecule has 2 nitrogen and oxygen atoms in total. The van der Waals surface area contributed by atoms with Gasteiger partial charge in [0.1, 0.15) is 5.76 Å². The van der Waals surface area contributed by atoms with Gasteiger partial charge in [0.25, 0.3) is 0 Å². The van der Waals surface area contributed by atoms with E-state index in [4.69, 9.17) is 16.0 Å². The summed E-state index contributed by atoms with van der Waals surface area (Å²) in [6, 6.07) is 11.8. The molecule has 0 aliphatic rings. The third-order valence-corrected chi connectivity index (χ3v) is 2.78. The van der Waals surface area contributed by atoms with Crippen molar-refractivity contribution in [1.82, 2.24) is 5.32 Å². The Balaban J connectivity index is 1.74. The lowest BCUT2D eigenvalue weighted by molar-refractivity contribution is 0.484. The van der Waals surface area contributed by atoms with E-state index in [1.165, 1.54) is 5.56 Å². The maximum Gasteiger partial charge on any atom is 0.117 e. The van der Waals surface area contributed by atoms with Gasteiger partial charge >= 0.3 is 0 Å². The van der Waals surface area contributed by atoms with Gasteiger partial charge in [-0.15, -0.1) is 0 Å². The highest BCUT2D eigenvalue weighted by atomic mass is 35.5. The van der Waals surface area contributed by atoms with Crippen LogP contribution in [-0.4, -0.2) is 6.54 Å². The van der Waals surface area contributed by atoms with Gasteiger partial charge in [-0.25, -0.2) is 0 Å². The molecule has 84 valence electrons. The summed E-state index contributed by atoms with van der Waals surface area (Å²) in [4.78, 5) is 0. The highest BCUT2D eigenvalue weighted by Crippen LogP contribution is 2.14. The minimum atomic E-state index is 0.761. The smallest absolute Gasteiger partial charge is 0.117 e. The molecule has 16 heavy (non-hydrogen) atoms. The molecule has 0 bridgehead atoms. The molecule has 1 aromatic carbocycles. The van der Waals surface area contributed by atoms with Gasteiger partial charge in [-0.05, 0) is 36.7 Å². The van der Waals surface area contributed by atoms with E-state index < -0.39 is 0 Å². The van der Waals surface area contributed by atoms with Gasteiger partial charge in [-0.3, -0.25) is 0 Å². The fourth-order valence-corrected chi connectivity index (χ4v) is 1.78. The number of nitrogens with one attached hydrogen (secondary N) is 1. The van der Waals surface area contributed by atoms with Crippen LogP contribution in [0.2, 0.25) is 5.02 Å². The Morgan fingerprint density at radius 2 is 2.00 bits per heavy atom. The van der Waals surface area contributed by atoms with Crippen LogP contribution >= 0.6 is 11.6 Å². The lowest BCUT2D eigenvalue weighted by Crippen LogP contribution is -2.16. The van der Waals surface area contributed by atoms with Gasteiger partial charge in [0.2, 0.25) is 0 Å². The van der Waals surface area contributed by atoms with Gasteiger partial charge in [0, 0.05) is 5.02 Å². The second kappa shape index (κ2) is 5.73. The summed E-state index contributed by atoms with van der Waals surface area (Å²) in [5, 5.41) is 4.15. The van der Waals surface area contributed by atoms with Crippen molar-refractivity contribution in [2.45, 2.75) is 13.0 Å². The van der Waals surface area contributed by atoms with E-state index in [2.05, 4.69) is 11.4 Å². The molecule has 1 heterocycles. The quantitative estimate of drug-likeness (QED) is 0.805. The van der Waals surface area contributed by atoms with Crippen molar-refractivity contribution >= 4 is 11.6 Å². The zero-order valence-electron chi connectivity index (χ0n) is 8.95. The summed E-state index contributed by atoms with van der Waals surface area (Å²) < 4.78 is 5.22. The first-order valence-electron chi connectivity index (χ1n) is 5.33. The summed E-state index contributed by atoms with van der Waals surface area (Å²) in [5.41, 5.74) is 1.18. The van der Waals surface area contributed by atoms with Crippen molar-refractivity contribution in [1.29, 1.82) is 0 Å². The fraction of sp³-hybridized carbons (Fsp3) is 0.231. The van der Waals surface area contributed by atoms with Crippen molar-refractivity contribution in [2.75, 3.05) is 6.54 Å². The van der Waals surface area contributed by atoms with Crippen LogP contribution in [0.25, 0.3) is 0 Å². The number of hydrogen-bond donors (Lipinski definition) is 1. The van der Waals surface area contributed by atoms with E-state index in [0.29, 0.717) is 0 Å². The van der Waals surface area contributed by atoms with E-state index in [9.17, 15) is 0 Å². The van der Waals surface area contributed by atoms with Crippen molar-refractivity contribution in [3.63, 3.8) is 0 Å². The topological polar surface area (TPSA) is 25.2 Å². The van der Waals surface area contributed by atoms with Crippen LogP contribution in [-0.2, 0) is 13.0 Å². The highest BCUT2D eigenvalue weighted by Gasteiger charge is 1.99. The number of benzene rings is 1. The Hall–Kier alpha value is -1.25. The first kappa shape index (κ1) is 11.2. The molecular formula is C13H14ClNO. The van der Waals surface area contributed by atoms with Crippen molar-refractivity contribution < 1.29 is 4.42 Å². The molecule has 0 spiro atoms. The predicted molar refractivity (Wildman–Crippen MR) is 65.6 cm³/mol. The molecule has 1 N–H and O–H groups in total. The van der Waals surface area contributed by atoms with Gasteiger partial charge in [-0.1, -0.05) is 29.8 Å². The maximum absolute atomic E-state index is 6.06. The Morgan fingerprint density at radius 3 is 2.75 bits per heavy atom. The van der Waals surface area contributed by atoms with E-state index in [0.717, 1.165) is 30.3 Å². The fourth-order valence-electron chi connectivity index (χ4n) is 1.55. The van der Waals surface area contributed by atoms with E-state index in [-0.39, 0.29) is 0 Å². The summed E-state index contributed by atoms with van der Waals surface area (Å²) >= 11 is 6.06. The number of furan rings is 1. The molecule has 2 rings (SSSR count). The Morgan fingerprint density at radius 1 is 1.12 bits per heavy atom. The van der Waals surface area contributed by atoms with Crippen molar-refractivity contribution in [2.24, 2.45) is 0 Å². The summed E-state index contributed by atoms with van der Waals surface area (Å²) in [6.07, 6.45) is 2.62. The maximum atomic E-state index is 6.06. The molecule has 0 fully saturated rings. The molecule has 2 aromatic rings. The lowest BCUT2D eigenvalue weighted by Gasteiger charge is -2.04. The Labute approximate surface area is 100 Å². The first-order valence-corrected chi connectivity index (χ1v) is 5.70. The molecular weight excluding hydrogens is 222 g/mol. The normalized spacial score (nSPS) is 10.6. The zero-order chi connectivity index (χ0) is 11.2. The zero-order valence-corrected chi connectivity index (χ0v) is 9.70. The van der Waals surface area contributed by atoms with Gasteiger partial charge in [-0.2, -0.15) is 0 Å². The molecule has 0 saturated heterocycles. The third-order valence-electron chi connectivity index (χ3n) is 2.41. The molecule has 0 atom stereocenters. The molecule has 0 aliphatic heterocycles. The van der Waals surface area contributed by atoms with Crippen LogP contribution in [0.4, 0.5) is 0 Å². The summed E-state index contributed by atoms with van der Waals surface area (Å²) in [5.74, 6) is 0.958. The van der Waals surface area contributed by atoms with Crippen LogP contribution in [0.3, 0.4) is 0 Å². The Bertz CT molecular complexity index is 425. The average molecular weight is 236 g/mol. The number of rotatable bonds is 5. The van der Waals surface area contributed by atoms with Crippen LogP contribution in [0.5, 0.6) is 0 Å². The number of halogens is 1. The molecule has 0 aliphatic carbocycles. The second-order valence-electron chi connectivity index (χ2n) is 3.60. The molecule has 3 heteroatoms. The van der Waals surface area contributed by atoms with Crippen molar-refractivity contribution in [3.8, 4) is 0 Å². The van der Waals surface area contributed by atoms with E-state index >= 15 is 0 Å². The van der Waals surface area contributed by atoms with Gasteiger partial charge < -0.3 is 9.73 Å². The highest BCUT2D eigenvalue weighted by molar-refractivity contribution is 6.31. The summed E-state index contributed by atoms with van der Waals surface area (Å²) in [6.45, 7) is 1.65. The monoisotopic (exact) mass is 235 g/mol. The van der Waals surface area contributed by atoms with E-state index in [1.807, 2.05) is 30.3 Å². The lowest BCUT2D eigenvalue weighted by atomic mass is 10.1. The average Bonchev–Trinajstić information content (AvgIpc) is 2.79. The third kappa shape index (κ3) is 3.12. The largest absolute Gasteiger partial charge is 0.468 e. The van der Waals surface area contributed by atoms with Crippen LogP contribution < -0.4 is 5.32 Å². The van der Waals surface area contributed by atoms with Gasteiger partial charge in [0.05, 0.1) is 12.8 Å². The molecule has 1 aromatic heterocycles. The first-order chi connectivity index (χ1) is 7.86. The SMILES string of the molecule is Clc1ccccc1CCNCc1ccco1. The molecule has 0 amide bonds. The standard InChI is InChI=1S/C13H14ClNO/c14-13-6-2-1-4-11(13)7-8-15-10-12-5-3-9-16-12/h1-6,9,15H,7-8,10H2. The van der Waals surface area contributed by atoms with Crippen LogP contribution in [0.15, 0.2) is 47.1 Å². The number of hydrogen-bond acceptors (Lipinski definition) is 2. The molecule has 0 radical (unpaired) electrons. The van der Waals surface area contributed by atoms with Crippen molar-refractivity contribution in [3.05, 3.63) is 59.0 Å². The molecule has 0 saturated carbocycles.